The summed E-state index contributed by atoms with van der Waals surface area (Å²) in [6.07, 6.45) is -2.01. The Bertz CT molecular complexity index is 610. The summed E-state index contributed by atoms with van der Waals surface area (Å²) >= 11 is 1.32. The van der Waals surface area contributed by atoms with Gasteiger partial charge in [-0.05, 0) is 12.1 Å². The maximum Gasteiger partial charge on any atom is 0.273 e. The van der Waals surface area contributed by atoms with Crippen molar-refractivity contribution >= 4 is 29.7 Å². The van der Waals surface area contributed by atoms with E-state index in [0.717, 1.165) is 15.5 Å². The van der Waals surface area contributed by atoms with Crippen molar-refractivity contribution in [3.8, 4) is 0 Å². The molecule has 0 saturated heterocycles. The molecular weight excluding hydrogens is 344 g/mol. The summed E-state index contributed by atoms with van der Waals surface area (Å²) in [6, 6.07) is 9.05. The number of carbonyl (C=O) groups is 1. The lowest BCUT2D eigenvalue weighted by molar-refractivity contribution is 0.0530. The minimum Gasteiger partial charge on any atom is -0.330 e. The van der Waals surface area contributed by atoms with Crippen LogP contribution in [-0.4, -0.2) is 35.3 Å². The second-order valence-corrected chi connectivity index (χ2v) is 5.67. The van der Waals surface area contributed by atoms with Crippen LogP contribution < -0.4 is 5.73 Å². The first-order valence-electron chi connectivity index (χ1n) is 6.86. The minimum absolute atomic E-state index is 0. The van der Waals surface area contributed by atoms with Crippen molar-refractivity contribution in [1.82, 2.24) is 9.88 Å². The van der Waals surface area contributed by atoms with Crippen LogP contribution >= 0.6 is 23.7 Å². The number of nitrogens with zero attached hydrogens (tertiary/aromatic N) is 2. The molecule has 0 aliphatic rings. The Balaban J connectivity index is 0.00000264. The number of aromatic nitrogens is 1. The maximum atomic E-state index is 12.8. The van der Waals surface area contributed by atoms with Crippen LogP contribution in [0.4, 0.5) is 8.78 Å². The molecule has 0 aliphatic heterocycles. The number of alkyl halides is 2. The Morgan fingerprint density at radius 2 is 2.00 bits per heavy atom. The molecule has 23 heavy (non-hydrogen) atoms. The summed E-state index contributed by atoms with van der Waals surface area (Å²) in [7, 11) is 0. The monoisotopic (exact) mass is 361 g/mol. The molecule has 1 aromatic carbocycles. The first-order valence-corrected chi connectivity index (χ1v) is 7.74. The number of hydrogen-bond donors (Lipinski definition) is 1. The summed E-state index contributed by atoms with van der Waals surface area (Å²) in [5, 5.41) is 2.33. The molecule has 4 nitrogen and oxygen atoms in total. The summed E-state index contributed by atoms with van der Waals surface area (Å²) in [4.78, 5) is 17.7. The number of benzene rings is 1. The molecule has 0 saturated carbocycles. The van der Waals surface area contributed by atoms with Gasteiger partial charge in [0.15, 0.2) is 0 Å². The molecule has 0 unspecified atom stereocenters. The Morgan fingerprint density at radius 1 is 1.30 bits per heavy atom. The van der Waals surface area contributed by atoms with Gasteiger partial charge in [-0.25, -0.2) is 13.8 Å². The van der Waals surface area contributed by atoms with Crippen molar-refractivity contribution in [2.24, 2.45) is 5.73 Å². The van der Waals surface area contributed by atoms with Crippen molar-refractivity contribution in [3.63, 3.8) is 0 Å². The van der Waals surface area contributed by atoms with Crippen molar-refractivity contribution < 1.29 is 13.6 Å². The van der Waals surface area contributed by atoms with Crippen LogP contribution in [0.25, 0.3) is 0 Å². The second-order valence-electron chi connectivity index (χ2n) is 4.73. The highest BCUT2D eigenvalue weighted by Crippen LogP contribution is 2.15. The van der Waals surface area contributed by atoms with Crippen molar-refractivity contribution in [1.29, 1.82) is 0 Å². The van der Waals surface area contributed by atoms with E-state index in [-0.39, 0.29) is 24.6 Å². The van der Waals surface area contributed by atoms with Crippen LogP contribution in [0.3, 0.4) is 0 Å². The quantitative estimate of drug-likeness (QED) is 0.824. The number of carbonyl (C=O) groups excluding carboxylic acids is 1. The van der Waals surface area contributed by atoms with Gasteiger partial charge in [0.2, 0.25) is 0 Å². The largest absolute Gasteiger partial charge is 0.330 e. The fourth-order valence-electron chi connectivity index (χ4n) is 2.00. The molecule has 2 N–H and O–H groups in total. The molecular formula is C15H18ClF2N3OS. The average Bonchev–Trinajstić information content (AvgIpc) is 2.95. The lowest BCUT2D eigenvalue weighted by Crippen LogP contribution is -2.34. The van der Waals surface area contributed by atoms with Gasteiger partial charge in [-0.2, -0.15) is 0 Å². The Morgan fingerprint density at radius 3 is 2.61 bits per heavy atom. The van der Waals surface area contributed by atoms with Crippen LogP contribution in [0.5, 0.6) is 0 Å². The van der Waals surface area contributed by atoms with E-state index < -0.39 is 18.9 Å². The Hall–Kier alpha value is -1.57. The SMILES string of the molecule is Cl.NCCc1nc(C(=O)N(Cc2ccccc2)CC(F)F)cs1. The molecule has 1 amide bonds. The van der Waals surface area contributed by atoms with Crippen LogP contribution in [-0.2, 0) is 13.0 Å². The number of nitrogens with two attached hydrogens (primary N) is 1. The molecule has 126 valence electrons. The topological polar surface area (TPSA) is 59.2 Å². The molecule has 0 radical (unpaired) electrons. The smallest absolute Gasteiger partial charge is 0.273 e. The fourth-order valence-corrected chi connectivity index (χ4v) is 2.79. The van der Waals surface area contributed by atoms with Gasteiger partial charge in [-0.15, -0.1) is 23.7 Å². The number of halogens is 3. The summed E-state index contributed by atoms with van der Waals surface area (Å²) < 4.78 is 25.5. The van der Waals surface area contributed by atoms with Gasteiger partial charge in [0, 0.05) is 18.3 Å². The van der Waals surface area contributed by atoms with Crippen LogP contribution in [0.15, 0.2) is 35.7 Å². The Labute approximate surface area is 143 Å². The molecule has 1 aromatic heterocycles. The number of thiazole rings is 1. The van der Waals surface area contributed by atoms with E-state index in [1.54, 1.807) is 17.5 Å². The molecule has 0 atom stereocenters. The average molecular weight is 362 g/mol. The summed E-state index contributed by atoms with van der Waals surface area (Å²) in [5.41, 5.74) is 6.44. The molecule has 2 rings (SSSR count). The predicted molar refractivity (Wildman–Crippen MR) is 89.3 cm³/mol. The van der Waals surface area contributed by atoms with Crippen molar-refractivity contribution in [3.05, 3.63) is 52.0 Å². The maximum absolute atomic E-state index is 12.8. The van der Waals surface area contributed by atoms with Crippen LogP contribution in [0.1, 0.15) is 21.1 Å². The molecule has 8 heteroatoms. The fraction of sp³-hybridized carbons (Fsp3) is 0.333. The van der Waals surface area contributed by atoms with Gasteiger partial charge in [0.1, 0.15) is 5.69 Å². The third kappa shape index (κ3) is 5.85. The molecule has 0 spiro atoms. The highest BCUT2D eigenvalue weighted by molar-refractivity contribution is 7.09. The van der Waals surface area contributed by atoms with Gasteiger partial charge >= 0.3 is 0 Å². The van der Waals surface area contributed by atoms with Crippen molar-refractivity contribution in [2.45, 2.75) is 19.4 Å². The zero-order valence-electron chi connectivity index (χ0n) is 12.3. The van der Waals surface area contributed by atoms with E-state index in [4.69, 9.17) is 5.73 Å². The normalized spacial score (nSPS) is 10.4. The van der Waals surface area contributed by atoms with E-state index in [1.807, 2.05) is 18.2 Å². The standard InChI is InChI=1S/C15H17F2N3OS.ClH/c16-13(17)9-20(8-11-4-2-1-3-5-11)15(21)12-10-22-14(19-12)6-7-18;/h1-5,10,13H,6-9,18H2;1H. The zero-order valence-corrected chi connectivity index (χ0v) is 14.0. The van der Waals surface area contributed by atoms with E-state index in [1.165, 1.54) is 11.3 Å². The first kappa shape index (κ1) is 19.5. The third-order valence-corrected chi connectivity index (χ3v) is 3.90. The third-order valence-electron chi connectivity index (χ3n) is 2.99. The van der Waals surface area contributed by atoms with Gasteiger partial charge in [0.05, 0.1) is 11.6 Å². The lowest BCUT2D eigenvalue weighted by atomic mass is 10.2. The van der Waals surface area contributed by atoms with Gasteiger partial charge in [0.25, 0.3) is 12.3 Å². The minimum atomic E-state index is -2.59. The highest BCUT2D eigenvalue weighted by atomic mass is 35.5. The van der Waals surface area contributed by atoms with Gasteiger partial charge < -0.3 is 10.6 Å². The zero-order chi connectivity index (χ0) is 15.9. The Kier molecular flexibility index (Phi) is 8.08. The summed E-state index contributed by atoms with van der Waals surface area (Å²) in [5.74, 6) is -0.483. The molecule has 1 heterocycles. The van der Waals surface area contributed by atoms with E-state index in [2.05, 4.69) is 4.98 Å². The molecule has 0 aliphatic carbocycles. The van der Waals surface area contributed by atoms with E-state index in [9.17, 15) is 13.6 Å². The number of amides is 1. The van der Waals surface area contributed by atoms with Crippen LogP contribution in [0.2, 0.25) is 0 Å². The number of hydrogen-bond acceptors (Lipinski definition) is 4. The second kappa shape index (κ2) is 9.54. The van der Waals surface area contributed by atoms with Crippen molar-refractivity contribution in [2.75, 3.05) is 13.1 Å². The number of rotatable bonds is 7. The molecule has 2 aromatic rings. The van der Waals surface area contributed by atoms with Gasteiger partial charge in [-0.3, -0.25) is 4.79 Å². The summed E-state index contributed by atoms with van der Waals surface area (Å²) in [6.45, 7) is -0.0445. The highest BCUT2D eigenvalue weighted by Gasteiger charge is 2.22. The molecule has 0 fully saturated rings. The lowest BCUT2D eigenvalue weighted by Gasteiger charge is -2.21. The predicted octanol–water partition coefficient (Wildman–Crippen LogP) is 2.97. The van der Waals surface area contributed by atoms with Gasteiger partial charge in [-0.1, -0.05) is 30.3 Å². The van der Waals surface area contributed by atoms with E-state index in [0.29, 0.717) is 13.0 Å². The first-order chi connectivity index (χ1) is 10.6. The van der Waals surface area contributed by atoms with Crippen LogP contribution in [0, 0.1) is 0 Å². The van der Waals surface area contributed by atoms with E-state index >= 15 is 0 Å². The molecule has 0 bridgehead atoms.